The number of Topliss-reactive ketones (excluding diaryl/α,β-unsaturated/α-hetero) is 1. The number of aliphatic carboxylic acids is 1. The molecule has 6 heteroatoms. The number of carboxylic acids is 1. The monoisotopic (exact) mass is 368 g/mol. The molecular weight excluding hydrogens is 348 g/mol. The number of nitrogens with one attached hydrogen (secondary N) is 1. The molecule has 2 N–H and O–H groups in total. The molecule has 1 unspecified atom stereocenters. The number of carbonyl (C=O) groups is 2. The third-order valence-corrected chi connectivity index (χ3v) is 5.53. The van der Waals surface area contributed by atoms with Crippen molar-refractivity contribution in [2.24, 2.45) is 5.41 Å². The van der Waals surface area contributed by atoms with Crippen LogP contribution in [0.4, 0.5) is 0 Å². The molecule has 1 aliphatic carbocycles. The van der Waals surface area contributed by atoms with Crippen molar-refractivity contribution >= 4 is 23.5 Å². The van der Waals surface area contributed by atoms with Crippen LogP contribution in [0.2, 0.25) is 0 Å². The molecule has 0 saturated carbocycles. The van der Waals surface area contributed by atoms with Gasteiger partial charge < -0.3 is 10.4 Å². The molecule has 2 aliphatic rings. The van der Waals surface area contributed by atoms with Gasteiger partial charge in [-0.1, -0.05) is 55.9 Å². The van der Waals surface area contributed by atoms with Crippen LogP contribution in [0.5, 0.6) is 0 Å². The molecule has 5 nitrogen and oxygen atoms in total. The van der Waals surface area contributed by atoms with Crippen molar-refractivity contribution in [3.8, 4) is 6.07 Å². The van der Waals surface area contributed by atoms with E-state index in [4.69, 9.17) is 5.26 Å². The highest BCUT2D eigenvalue weighted by atomic mass is 32.2. The molecule has 1 heterocycles. The van der Waals surface area contributed by atoms with Crippen molar-refractivity contribution < 1.29 is 14.7 Å². The van der Waals surface area contributed by atoms with E-state index >= 15 is 0 Å². The average Bonchev–Trinajstić information content (AvgIpc) is 2.58. The van der Waals surface area contributed by atoms with Gasteiger partial charge in [-0.05, 0) is 17.4 Å². The number of nitrogens with zero attached hydrogens (tertiary/aromatic N) is 1. The number of ketones is 1. The zero-order valence-electron chi connectivity index (χ0n) is 14.7. The Labute approximate surface area is 156 Å². The molecule has 3 rings (SSSR count). The van der Waals surface area contributed by atoms with E-state index in [1.165, 1.54) is 11.8 Å². The maximum Gasteiger partial charge on any atom is 0.335 e. The fourth-order valence-corrected chi connectivity index (χ4v) is 4.44. The van der Waals surface area contributed by atoms with Gasteiger partial charge in [0.15, 0.2) is 5.78 Å². The van der Waals surface area contributed by atoms with Crippen molar-refractivity contribution in [2.75, 3.05) is 5.75 Å². The highest BCUT2D eigenvalue weighted by Crippen LogP contribution is 2.47. The highest BCUT2D eigenvalue weighted by Gasteiger charge is 2.43. The third kappa shape index (κ3) is 3.40. The van der Waals surface area contributed by atoms with Crippen molar-refractivity contribution in [2.45, 2.75) is 32.6 Å². The fraction of sp³-hybridized carbons (Fsp3) is 0.350. The van der Waals surface area contributed by atoms with Crippen molar-refractivity contribution in [3.63, 3.8) is 0 Å². The number of hydrogen-bond donors (Lipinski definition) is 2. The molecule has 1 atom stereocenters. The van der Waals surface area contributed by atoms with Crippen LogP contribution in [0.15, 0.2) is 52.2 Å². The topological polar surface area (TPSA) is 90.2 Å². The lowest BCUT2D eigenvalue weighted by Gasteiger charge is -2.39. The molecule has 1 aromatic carbocycles. The minimum atomic E-state index is -1.07. The molecule has 0 bridgehead atoms. The predicted octanol–water partition coefficient (Wildman–Crippen LogP) is 3.57. The standard InChI is InChI=1S/C20H20N2O3S/c1-20(2)10-13-16(14(23)11-20)15(12-6-4-3-5-7-12)17(19(24)25)18(22-13)26-9-8-21/h3-7,15,22H,9-11H2,1-2H3,(H,24,25). The first-order chi connectivity index (χ1) is 12.3. The van der Waals surface area contributed by atoms with Crippen LogP contribution in [-0.2, 0) is 9.59 Å². The van der Waals surface area contributed by atoms with E-state index < -0.39 is 11.9 Å². The number of nitriles is 1. The van der Waals surface area contributed by atoms with Gasteiger partial charge in [0.1, 0.15) is 0 Å². The molecule has 0 amide bonds. The van der Waals surface area contributed by atoms with Crippen molar-refractivity contribution in [1.82, 2.24) is 5.32 Å². The molecule has 1 aromatic rings. The summed E-state index contributed by atoms with van der Waals surface area (Å²) in [5, 5.41) is 22.5. The predicted molar refractivity (Wildman–Crippen MR) is 100 cm³/mol. The Kier molecular flexibility index (Phi) is 4.92. The van der Waals surface area contributed by atoms with Gasteiger partial charge in [0.2, 0.25) is 0 Å². The van der Waals surface area contributed by atoms with Gasteiger partial charge in [-0.3, -0.25) is 4.79 Å². The third-order valence-electron chi connectivity index (χ3n) is 4.65. The molecule has 0 saturated heterocycles. The maximum absolute atomic E-state index is 12.9. The zero-order chi connectivity index (χ0) is 18.9. The minimum Gasteiger partial charge on any atom is -0.478 e. The molecule has 0 radical (unpaired) electrons. The summed E-state index contributed by atoms with van der Waals surface area (Å²) in [5.74, 6) is -1.56. The van der Waals surface area contributed by atoms with Crippen LogP contribution in [0.25, 0.3) is 0 Å². The Morgan fingerprint density at radius 3 is 2.65 bits per heavy atom. The van der Waals surface area contributed by atoms with E-state index in [0.29, 0.717) is 23.4 Å². The van der Waals surface area contributed by atoms with E-state index in [-0.39, 0.29) is 22.5 Å². The van der Waals surface area contributed by atoms with Crippen LogP contribution in [0.3, 0.4) is 0 Å². The van der Waals surface area contributed by atoms with E-state index in [1.807, 2.05) is 50.2 Å². The number of benzene rings is 1. The number of dihydropyridines is 1. The largest absolute Gasteiger partial charge is 0.478 e. The maximum atomic E-state index is 12.9. The number of rotatable bonds is 4. The molecule has 1 aliphatic heterocycles. The second-order valence-corrected chi connectivity index (χ2v) is 8.28. The van der Waals surface area contributed by atoms with Crippen molar-refractivity contribution in [3.05, 3.63) is 57.8 Å². The van der Waals surface area contributed by atoms with E-state index in [2.05, 4.69) is 5.32 Å². The first kappa shape index (κ1) is 18.3. The number of carbonyl (C=O) groups excluding carboxylic acids is 1. The van der Waals surface area contributed by atoms with Crippen LogP contribution < -0.4 is 5.32 Å². The Morgan fingerprint density at radius 1 is 1.35 bits per heavy atom. The van der Waals surface area contributed by atoms with Gasteiger partial charge in [-0.15, -0.1) is 0 Å². The summed E-state index contributed by atoms with van der Waals surface area (Å²) in [4.78, 5) is 25.0. The van der Waals surface area contributed by atoms with Gasteiger partial charge in [0, 0.05) is 23.6 Å². The van der Waals surface area contributed by atoms with Gasteiger partial charge in [-0.25, -0.2) is 4.79 Å². The summed E-state index contributed by atoms with van der Waals surface area (Å²) in [6, 6.07) is 11.3. The minimum absolute atomic E-state index is 0.0133. The number of hydrogen-bond acceptors (Lipinski definition) is 5. The quantitative estimate of drug-likeness (QED) is 0.844. The lowest BCUT2D eigenvalue weighted by molar-refractivity contribution is -0.133. The van der Waals surface area contributed by atoms with E-state index in [0.717, 1.165) is 11.3 Å². The summed E-state index contributed by atoms with van der Waals surface area (Å²) in [5.41, 5.74) is 2.07. The molecule has 0 aromatic heterocycles. The highest BCUT2D eigenvalue weighted by molar-refractivity contribution is 8.03. The Hall–Kier alpha value is -2.52. The second kappa shape index (κ2) is 7.00. The van der Waals surface area contributed by atoms with E-state index in [9.17, 15) is 14.7 Å². The van der Waals surface area contributed by atoms with Crippen LogP contribution in [0, 0.1) is 16.7 Å². The summed E-state index contributed by atoms with van der Waals surface area (Å²) < 4.78 is 0. The van der Waals surface area contributed by atoms with Crippen molar-refractivity contribution in [1.29, 1.82) is 5.26 Å². The molecule has 134 valence electrons. The van der Waals surface area contributed by atoms with Crippen LogP contribution in [0.1, 0.15) is 38.2 Å². The van der Waals surface area contributed by atoms with Gasteiger partial charge in [0.25, 0.3) is 0 Å². The molecule has 26 heavy (non-hydrogen) atoms. The van der Waals surface area contributed by atoms with Gasteiger partial charge in [0.05, 0.1) is 22.4 Å². The van der Waals surface area contributed by atoms with Crippen LogP contribution >= 0.6 is 11.8 Å². The lowest BCUT2D eigenvalue weighted by Crippen LogP contribution is -2.38. The van der Waals surface area contributed by atoms with Gasteiger partial charge in [-0.2, -0.15) is 5.26 Å². The summed E-state index contributed by atoms with van der Waals surface area (Å²) in [6.45, 7) is 4.07. The average molecular weight is 368 g/mol. The normalized spacial score (nSPS) is 21.7. The molecular formula is C20H20N2O3S. The Balaban J connectivity index is 2.20. The lowest BCUT2D eigenvalue weighted by atomic mass is 9.69. The summed E-state index contributed by atoms with van der Waals surface area (Å²) >= 11 is 1.17. The Bertz CT molecular complexity index is 863. The first-order valence-corrected chi connectivity index (χ1v) is 9.38. The zero-order valence-corrected chi connectivity index (χ0v) is 15.5. The second-order valence-electron chi connectivity index (χ2n) is 7.30. The molecule has 0 spiro atoms. The SMILES string of the molecule is CC1(C)CC(=O)C2=C(C1)NC(SCC#N)=C(C(=O)O)C2c1ccccc1. The number of carboxylic acid groups (broad SMARTS) is 1. The van der Waals surface area contributed by atoms with E-state index in [1.54, 1.807) is 0 Å². The van der Waals surface area contributed by atoms with Gasteiger partial charge >= 0.3 is 5.97 Å². The first-order valence-electron chi connectivity index (χ1n) is 8.39. The Morgan fingerprint density at radius 2 is 2.04 bits per heavy atom. The smallest absolute Gasteiger partial charge is 0.335 e. The molecule has 0 fully saturated rings. The fourth-order valence-electron chi connectivity index (χ4n) is 3.68. The summed E-state index contributed by atoms with van der Waals surface area (Å²) in [7, 11) is 0. The number of allylic oxidation sites excluding steroid dienone is 2. The number of thioether (sulfide) groups is 1. The van der Waals surface area contributed by atoms with Crippen LogP contribution in [-0.4, -0.2) is 22.6 Å². The summed E-state index contributed by atoms with van der Waals surface area (Å²) in [6.07, 6.45) is 1.06.